The molecule has 0 unspecified atom stereocenters. The van der Waals surface area contributed by atoms with Crippen molar-refractivity contribution in [2.75, 3.05) is 26.8 Å². The van der Waals surface area contributed by atoms with Gasteiger partial charge in [0.05, 0.1) is 18.3 Å². The van der Waals surface area contributed by atoms with Gasteiger partial charge in [-0.05, 0) is 41.9 Å². The first kappa shape index (κ1) is 15.4. The van der Waals surface area contributed by atoms with Crippen molar-refractivity contribution in [2.45, 2.75) is 25.6 Å². The maximum atomic E-state index is 12.5. The zero-order chi connectivity index (χ0) is 14.8. The Morgan fingerprint density at radius 2 is 2.35 bits per heavy atom. The number of nitrogens with zero attached hydrogens (tertiary/aromatic N) is 2. The Hall–Kier alpha value is -0.980. The Morgan fingerprint density at radius 1 is 1.60 bits per heavy atom. The third-order valence-electron chi connectivity index (χ3n) is 3.07. The molecule has 5 nitrogen and oxygen atoms in total. The number of amides is 1. The van der Waals surface area contributed by atoms with Gasteiger partial charge in [0.1, 0.15) is 5.69 Å². The molecule has 0 bridgehead atoms. The molecule has 1 atom stereocenters. The zero-order valence-electron chi connectivity index (χ0n) is 11.9. The Bertz CT molecular complexity index is 476. The van der Waals surface area contributed by atoms with Gasteiger partial charge >= 0.3 is 0 Å². The van der Waals surface area contributed by atoms with Crippen molar-refractivity contribution in [2.24, 2.45) is 0 Å². The molecule has 110 valence electrons. The average molecular weight is 343 g/mol. The van der Waals surface area contributed by atoms with Gasteiger partial charge < -0.3 is 14.4 Å². The van der Waals surface area contributed by atoms with Gasteiger partial charge in [0.15, 0.2) is 0 Å². The third kappa shape index (κ3) is 3.77. The lowest BCUT2D eigenvalue weighted by Gasteiger charge is -2.42. The fourth-order valence-electron chi connectivity index (χ4n) is 2.39. The smallest absolute Gasteiger partial charge is 0.272 e. The lowest BCUT2D eigenvalue weighted by atomic mass is 10.0. The Balaban J connectivity index is 2.13. The molecule has 1 aromatic heterocycles. The molecular weight excluding hydrogens is 324 g/mol. The van der Waals surface area contributed by atoms with E-state index in [1.807, 2.05) is 19.9 Å². The monoisotopic (exact) mass is 342 g/mol. The van der Waals surface area contributed by atoms with Crippen LogP contribution in [-0.2, 0) is 9.47 Å². The molecule has 0 N–H and O–H groups in total. The number of methoxy groups -OCH3 is 1. The third-order valence-corrected chi connectivity index (χ3v) is 3.54. The molecular formula is C14H19BrN2O3. The van der Waals surface area contributed by atoms with Crippen molar-refractivity contribution < 1.29 is 14.3 Å². The average Bonchev–Trinajstić information content (AvgIpc) is 2.37. The molecule has 0 aromatic carbocycles. The SMILES string of the molecule is COC[C@@H]1CN(C(=O)c2ccc(Br)cn2)CC(C)(C)O1. The predicted molar refractivity (Wildman–Crippen MR) is 78.7 cm³/mol. The summed E-state index contributed by atoms with van der Waals surface area (Å²) in [4.78, 5) is 18.4. The highest BCUT2D eigenvalue weighted by Gasteiger charge is 2.36. The minimum absolute atomic E-state index is 0.0741. The fourth-order valence-corrected chi connectivity index (χ4v) is 2.62. The van der Waals surface area contributed by atoms with E-state index < -0.39 is 0 Å². The molecule has 6 heteroatoms. The number of rotatable bonds is 3. The zero-order valence-corrected chi connectivity index (χ0v) is 13.5. The first-order valence-corrected chi connectivity index (χ1v) is 7.28. The lowest BCUT2D eigenvalue weighted by molar-refractivity contribution is -0.143. The lowest BCUT2D eigenvalue weighted by Crippen LogP contribution is -2.55. The van der Waals surface area contributed by atoms with E-state index in [0.717, 1.165) is 4.47 Å². The van der Waals surface area contributed by atoms with E-state index in [-0.39, 0.29) is 17.6 Å². The highest BCUT2D eigenvalue weighted by atomic mass is 79.9. The van der Waals surface area contributed by atoms with Gasteiger partial charge in [0.2, 0.25) is 0 Å². The second kappa shape index (κ2) is 6.20. The van der Waals surface area contributed by atoms with Crippen LogP contribution in [0, 0.1) is 0 Å². The highest BCUT2D eigenvalue weighted by Crippen LogP contribution is 2.22. The van der Waals surface area contributed by atoms with Gasteiger partial charge in [-0.25, -0.2) is 4.98 Å². The summed E-state index contributed by atoms with van der Waals surface area (Å²) in [5.74, 6) is -0.0741. The van der Waals surface area contributed by atoms with Gasteiger partial charge in [0.25, 0.3) is 5.91 Å². The first-order valence-electron chi connectivity index (χ1n) is 6.49. The van der Waals surface area contributed by atoms with E-state index in [9.17, 15) is 4.79 Å². The van der Waals surface area contributed by atoms with Crippen LogP contribution in [0.15, 0.2) is 22.8 Å². The molecule has 1 saturated heterocycles. The van der Waals surface area contributed by atoms with Crippen LogP contribution in [-0.4, -0.2) is 54.3 Å². The van der Waals surface area contributed by atoms with Crippen molar-refractivity contribution in [3.63, 3.8) is 0 Å². The number of carbonyl (C=O) groups is 1. The van der Waals surface area contributed by atoms with Crippen LogP contribution in [0.4, 0.5) is 0 Å². The number of carbonyl (C=O) groups excluding carboxylic acids is 1. The van der Waals surface area contributed by atoms with Gasteiger partial charge in [-0.2, -0.15) is 0 Å². The van der Waals surface area contributed by atoms with Crippen LogP contribution in [0.25, 0.3) is 0 Å². The van der Waals surface area contributed by atoms with Gasteiger partial charge in [-0.1, -0.05) is 0 Å². The number of halogens is 1. The summed E-state index contributed by atoms with van der Waals surface area (Å²) in [5, 5.41) is 0. The number of hydrogen-bond acceptors (Lipinski definition) is 4. The van der Waals surface area contributed by atoms with Crippen LogP contribution in [0.2, 0.25) is 0 Å². The summed E-state index contributed by atoms with van der Waals surface area (Å²) < 4.78 is 11.9. The maximum absolute atomic E-state index is 12.5. The second-order valence-electron chi connectivity index (χ2n) is 5.50. The minimum Gasteiger partial charge on any atom is -0.382 e. The number of hydrogen-bond donors (Lipinski definition) is 0. The highest BCUT2D eigenvalue weighted by molar-refractivity contribution is 9.10. The largest absolute Gasteiger partial charge is 0.382 e. The Kier molecular flexibility index (Phi) is 4.78. The summed E-state index contributed by atoms with van der Waals surface area (Å²) >= 11 is 3.31. The molecule has 0 aliphatic carbocycles. The van der Waals surface area contributed by atoms with Crippen molar-refractivity contribution in [3.8, 4) is 0 Å². The van der Waals surface area contributed by atoms with Crippen LogP contribution < -0.4 is 0 Å². The van der Waals surface area contributed by atoms with Gasteiger partial charge in [-0.3, -0.25) is 4.79 Å². The molecule has 0 spiro atoms. The van der Waals surface area contributed by atoms with E-state index in [1.54, 1.807) is 24.3 Å². The van der Waals surface area contributed by atoms with Crippen molar-refractivity contribution in [3.05, 3.63) is 28.5 Å². The van der Waals surface area contributed by atoms with Crippen molar-refractivity contribution >= 4 is 21.8 Å². The number of pyridine rings is 1. The number of morpholine rings is 1. The molecule has 1 aliphatic rings. The summed E-state index contributed by atoms with van der Waals surface area (Å²) in [6.45, 7) is 5.49. The van der Waals surface area contributed by atoms with E-state index in [4.69, 9.17) is 9.47 Å². The molecule has 20 heavy (non-hydrogen) atoms. The van der Waals surface area contributed by atoms with Crippen molar-refractivity contribution in [1.82, 2.24) is 9.88 Å². The topological polar surface area (TPSA) is 51.7 Å². The van der Waals surface area contributed by atoms with E-state index in [1.165, 1.54) is 0 Å². The summed E-state index contributed by atoms with van der Waals surface area (Å²) in [5.41, 5.74) is 0.0639. The van der Waals surface area contributed by atoms with Crippen LogP contribution in [0.1, 0.15) is 24.3 Å². The Morgan fingerprint density at radius 3 is 2.95 bits per heavy atom. The molecule has 1 fully saturated rings. The summed E-state index contributed by atoms with van der Waals surface area (Å²) in [6.07, 6.45) is 1.52. The number of ether oxygens (including phenoxy) is 2. The summed E-state index contributed by atoms with van der Waals surface area (Å²) in [7, 11) is 1.63. The maximum Gasteiger partial charge on any atom is 0.272 e. The summed E-state index contributed by atoms with van der Waals surface area (Å²) in [6, 6.07) is 3.54. The predicted octanol–water partition coefficient (Wildman–Crippen LogP) is 2.11. The number of aromatic nitrogens is 1. The van der Waals surface area contributed by atoms with Crippen LogP contribution in [0.5, 0.6) is 0 Å². The first-order chi connectivity index (χ1) is 9.41. The van der Waals surface area contributed by atoms with Crippen LogP contribution >= 0.6 is 15.9 Å². The Labute approximate surface area is 127 Å². The standard InChI is InChI=1S/C14H19BrN2O3/c1-14(2)9-17(7-11(20-14)8-19-3)13(18)12-5-4-10(15)6-16-12/h4-6,11H,7-9H2,1-3H3/t11-/m0/s1. The fraction of sp³-hybridized carbons (Fsp3) is 0.571. The molecule has 0 radical (unpaired) electrons. The minimum atomic E-state index is -0.382. The molecule has 2 heterocycles. The van der Waals surface area contributed by atoms with Crippen molar-refractivity contribution in [1.29, 1.82) is 0 Å². The molecule has 1 aromatic rings. The second-order valence-corrected chi connectivity index (χ2v) is 6.42. The quantitative estimate of drug-likeness (QED) is 0.844. The van der Waals surface area contributed by atoms with E-state index in [2.05, 4.69) is 20.9 Å². The normalized spacial score (nSPS) is 21.8. The molecule has 0 saturated carbocycles. The van der Waals surface area contributed by atoms with E-state index >= 15 is 0 Å². The molecule has 2 rings (SSSR count). The van der Waals surface area contributed by atoms with Gasteiger partial charge in [0, 0.05) is 30.9 Å². The van der Waals surface area contributed by atoms with Gasteiger partial charge in [-0.15, -0.1) is 0 Å². The molecule has 1 amide bonds. The molecule has 1 aliphatic heterocycles. The van der Waals surface area contributed by atoms with Crippen LogP contribution in [0.3, 0.4) is 0 Å². The van der Waals surface area contributed by atoms with E-state index in [0.29, 0.717) is 25.4 Å².